The Balaban J connectivity index is 1.61. The molecule has 0 saturated carbocycles. The number of aryl methyl sites for hydroxylation is 1. The van der Waals surface area contributed by atoms with Gasteiger partial charge in [0.05, 0.1) is 17.4 Å². The van der Waals surface area contributed by atoms with Gasteiger partial charge in [0.1, 0.15) is 16.5 Å². The minimum absolute atomic E-state index is 0.131. The molecule has 0 bridgehead atoms. The van der Waals surface area contributed by atoms with E-state index in [2.05, 4.69) is 9.71 Å². The third-order valence-electron chi connectivity index (χ3n) is 3.58. The van der Waals surface area contributed by atoms with E-state index in [1.807, 2.05) is 28.8 Å². The highest BCUT2D eigenvalue weighted by molar-refractivity contribution is 7.89. The Bertz CT molecular complexity index is 970. The van der Waals surface area contributed by atoms with Gasteiger partial charge in [0.2, 0.25) is 10.0 Å². The van der Waals surface area contributed by atoms with E-state index in [4.69, 9.17) is 0 Å². The monoisotopic (exact) mass is 351 g/mol. The Labute approximate surface area is 138 Å². The summed E-state index contributed by atoms with van der Waals surface area (Å²) >= 11 is 0. The van der Waals surface area contributed by atoms with Crippen LogP contribution in [0.25, 0.3) is 11.0 Å². The predicted octanol–water partition coefficient (Wildman–Crippen LogP) is 2.68. The Morgan fingerprint density at radius 2 is 1.92 bits per heavy atom. The lowest BCUT2D eigenvalue weighted by atomic mass is 10.3. The molecule has 0 saturated heterocycles. The number of benzene rings is 2. The van der Waals surface area contributed by atoms with Crippen molar-refractivity contribution in [2.24, 2.45) is 0 Å². The molecule has 3 rings (SSSR count). The van der Waals surface area contributed by atoms with Crippen LogP contribution in [0.2, 0.25) is 0 Å². The molecular weight excluding hydrogens is 336 g/mol. The summed E-state index contributed by atoms with van der Waals surface area (Å²) in [5.74, 6) is -1.93. The molecule has 0 aliphatic heterocycles. The largest absolute Gasteiger partial charge is 0.331 e. The van der Waals surface area contributed by atoms with Gasteiger partial charge in [-0.05, 0) is 30.7 Å². The highest BCUT2D eigenvalue weighted by Gasteiger charge is 2.18. The van der Waals surface area contributed by atoms with Crippen molar-refractivity contribution in [1.82, 2.24) is 14.3 Å². The smallest absolute Gasteiger partial charge is 0.243 e. The maximum absolute atomic E-state index is 13.6. The number of sulfonamides is 1. The lowest BCUT2D eigenvalue weighted by Gasteiger charge is -2.08. The predicted molar refractivity (Wildman–Crippen MR) is 85.9 cm³/mol. The highest BCUT2D eigenvalue weighted by atomic mass is 32.2. The van der Waals surface area contributed by atoms with Gasteiger partial charge in [0.25, 0.3) is 0 Å². The molecule has 0 amide bonds. The fourth-order valence-corrected chi connectivity index (χ4v) is 3.55. The summed E-state index contributed by atoms with van der Waals surface area (Å²) in [6.45, 7) is 0.695. The second-order valence-corrected chi connectivity index (χ2v) is 6.99. The van der Waals surface area contributed by atoms with Crippen molar-refractivity contribution in [3.05, 3.63) is 60.4 Å². The summed E-state index contributed by atoms with van der Waals surface area (Å²) in [4.78, 5) is 3.69. The lowest BCUT2D eigenvalue weighted by molar-refractivity contribution is 0.540. The van der Waals surface area contributed by atoms with E-state index in [1.165, 1.54) is 0 Å². The summed E-state index contributed by atoms with van der Waals surface area (Å²) in [6, 6.07) is 10.00. The van der Waals surface area contributed by atoms with Crippen LogP contribution in [-0.4, -0.2) is 24.5 Å². The van der Waals surface area contributed by atoms with Crippen LogP contribution in [0.5, 0.6) is 0 Å². The fourth-order valence-electron chi connectivity index (χ4n) is 2.42. The molecule has 0 atom stereocenters. The molecule has 0 spiro atoms. The zero-order valence-electron chi connectivity index (χ0n) is 12.6. The summed E-state index contributed by atoms with van der Waals surface area (Å²) in [7, 11) is -4.01. The number of nitrogens with zero attached hydrogens (tertiary/aromatic N) is 2. The molecule has 5 nitrogen and oxygen atoms in total. The first-order valence-electron chi connectivity index (χ1n) is 7.32. The van der Waals surface area contributed by atoms with Gasteiger partial charge in [-0.25, -0.2) is 26.9 Å². The Kier molecular flexibility index (Phi) is 4.59. The first-order chi connectivity index (χ1) is 11.5. The third kappa shape index (κ3) is 3.44. The minimum Gasteiger partial charge on any atom is -0.331 e. The summed E-state index contributed by atoms with van der Waals surface area (Å²) in [5.41, 5.74) is 1.83. The SMILES string of the molecule is O=S(=O)(NCCCn1cnc2ccccc21)c1ccc(F)cc1F. The van der Waals surface area contributed by atoms with Crippen LogP contribution in [0.1, 0.15) is 6.42 Å². The molecule has 0 aliphatic carbocycles. The number of imidazole rings is 1. The van der Waals surface area contributed by atoms with Gasteiger partial charge >= 0.3 is 0 Å². The average molecular weight is 351 g/mol. The molecule has 0 aliphatic rings. The van der Waals surface area contributed by atoms with E-state index in [0.717, 1.165) is 23.2 Å². The van der Waals surface area contributed by atoms with Crippen molar-refractivity contribution < 1.29 is 17.2 Å². The van der Waals surface area contributed by atoms with Crippen molar-refractivity contribution in [2.75, 3.05) is 6.54 Å². The van der Waals surface area contributed by atoms with Crippen molar-refractivity contribution in [3.63, 3.8) is 0 Å². The molecule has 1 aromatic heterocycles. The zero-order chi connectivity index (χ0) is 17.2. The Hall–Kier alpha value is -2.32. The lowest BCUT2D eigenvalue weighted by Crippen LogP contribution is -2.26. The number of hydrogen-bond donors (Lipinski definition) is 1. The van der Waals surface area contributed by atoms with Gasteiger partial charge in [0.15, 0.2) is 0 Å². The Morgan fingerprint density at radius 1 is 1.12 bits per heavy atom. The highest BCUT2D eigenvalue weighted by Crippen LogP contribution is 2.15. The van der Waals surface area contributed by atoms with E-state index >= 15 is 0 Å². The first kappa shape index (κ1) is 16.5. The summed E-state index contributed by atoms with van der Waals surface area (Å²) in [6.07, 6.45) is 2.20. The van der Waals surface area contributed by atoms with Crippen LogP contribution in [-0.2, 0) is 16.6 Å². The molecule has 2 aromatic carbocycles. The standard InChI is InChI=1S/C16H15F2N3O2S/c17-12-6-7-16(13(18)10-12)24(22,23)20-8-3-9-21-11-19-14-4-1-2-5-15(14)21/h1-2,4-7,10-11,20H,3,8-9H2. The fraction of sp³-hybridized carbons (Fsp3) is 0.188. The quantitative estimate of drug-likeness (QED) is 0.695. The van der Waals surface area contributed by atoms with E-state index in [-0.39, 0.29) is 6.54 Å². The summed E-state index contributed by atoms with van der Waals surface area (Å²) in [5, 5.41) is 0. The number of nitrogens with one attached hydrogen (secondary N) is 1. The van der Waals surface area contributed by atoms with Gasteiger partial charge in [-0.2, -0.15) is 0 Å². The molecule has 0 radical (unpaired) electrons. The molecule has 0 unspecified atom stereocenters. The minimum atomic E-state index is -4.01. The number of aromatic nitrogens is 2. The van der Waals surface area contributed by atoms with Crippen LogP contribution in [0.15, 0.2) is 53.7 Å². The van der Waals surface area contributed by atoms with Gasteiger partial charge in [0, 0.05) is 19.2 Å². The molecule has 1 heterocycles. The second-order valence-electron chi connectivity index (χ2n) is 5.25. The molecule has 3 aromatic rings. The van der Waals surface area contributed by atoms with E-state index in [0.29, 0.717) is 19.0 Å². The van der Waals surface area contributed by atoms with Gasteiger partial charge in [-0.15, -0.1) is 0 Å². The van der Waals surface area contributed by atoms with Crippen LogP contribution < -0.4 is 4.72 Å². The number of rotatable bonds is 6. The van der Waals surface area contributed by atoms with E-state index in [1.54, 1.807) is 6.33 Å². The van der Waals surface area contributed by atoms with E-state index in [9.17, 15) is 17.2 Å². The molecule has 24 heavy (non-hydrogen) atoms. The molecule has 126 valence electrons. The zero-order valence-corrected chi connectivity index (χ0v) is 13.4. The number of para-hydroxylation sites is 2. The van der Waals surface area contributed by atoms with Crippen molar-refractivity contribution >= 4 is 21.1 Å². The molecule has 8 heteroatoms. The van der Waals surface area contributed by atoms with Crippen LogP contribution in [0.3, 0.4) is 0 Å². The Morgan fingerprint density at radius 3 is 2.71 bits per heavy atom. The van der Waals surface area contributed by atoms with Crippen molar-refractivity contribution in [2.45, 2.75) is 17.9 Å². The van der Waals surface area contributed by atoms with Crippen molar-refractivity contribution in [1.29, 1.82) is 0 Å². The van der Waals surface area contributed by atoms with Crippen LogP contribution >= 0.6 is 0 Å². The first-order valence-corrected chi connectivity index (χ1v) is 8.80. The molecule has 0 fully saturated rings. The topological polar surface area (TPSA) is 64.0 Å². The van der Waals surface area contributed by atoms with Gasteiger partial charge in [-0.1, -0.05) is 12.1 Å². The number of hydrogen-bond acceptors (Lipinski definition) is 3. The average Bonchev–Trinajstić information content (AvgIpc) is 2.94. The normalized spacial score (nSPS) is 11.9. The number of fused-ring (bicyclic) bond motifs is 1. The number of halogens is 2. The van der Waals surface area contributed by atoms with Crippen molar-refractivity contribution in [3.8, 4) is 0 Å². The second kappa shape index (κ2) is 6.66. The molecule has 1 N–H and O–H groups in total. The van der Waals surface area contributed by atoms with Crippen LogP contribution in [0.4, 0.5) is 8.78 Å². The molecular formula is C16H15F2N3O2S. The third-order valence-corrected chi connectivity index (χ3v) is 5.07. The van der Waals surface area contributed by atoms with Crippen LogP contribution in [0, 0.1) is 11.6 Å². The van der Waals surface area contributed by atoms with Gasteiger partial charge in [-0.3, -0.25) is 0 Å². The van der Waals surface area contributed by atoms with Gasteiger partial charge < -0.3 is 4.57 Å². The maximum Gasteiger partial charge on any atom is 0.243 e. The summed E-state index contributed by atoms with van der Waals surface area (Å²) < 4.78 is 54.8. The van der Waals surface area contributed by atoms with E-state index < -0.39 is 26.6 Å². The maximum atomic E-state index is 13.6.